The van der Waals surface area contributed by atoms with Crippen molar-refractivity contribution in [3.63, 3.8) is 0 Å². The molecule has 0 aliphatic heterocycles. The molecule has 0 spiro atoms. The normalized spacial score (nSPS) is 10.9. The number of anilines is 1. The Hall–Kier alpha value is -2.30. The van der Waals surface area contributed by atoms with Gasteiger partial charge in [0.25, 0.3) is 0 Å². The molecule has 0 amide bonds. The van der Waals surface area contributed by atoms with Crippen LogP contribution in [0.2, 0.25) is 0 Å². The van der Waals surface area contributed by atoms with E-state index in [-0.39, 0.29) is 18.0 Å². The van der Waals surface area contributed by atoms with Crippen LogP contribution in [0, 0.1) is 0 Å². The van der Waals surface area contributed by atoms with Gasteiger partial charge >= 0.3 is 11.6 Å². The van der Waals surface area contributed by atoms with Crippen LogP contribution >= 0.6 is 0 Å². The summed E-state index contributed by atoms with van der Waals surface area (Å²) in [6.07, 6.45) is 5.07. The van der Waals surface area contributed by atoms with Crippen LogP contribution in [0.4, 0.5) is 5.69 Å². The van der Waals surface area contributed by atoms with Crippen molar-refractivity contribution < 1.29 is 13.9 Å². The Morgan fingerprint density at radius 2 is 1.81 bits per heavy atom. The summed E-state index contributed by atoms with van der Waals surface area (Å²) in [6.45, 7) is 6.38. The van der Waals surface area contributed by atoms with E-state index in [1.807, 2.05) is 18.2 Å². The van der Waals surface area contributed by atoms with E-state index in [1.165, 1.54) is 7.11 Å². The Bertz CT molecular complexity index is 773. The molecule has 0 radical (unpaired) electrons. The van der Waals surface area contributed by atoms with Gasteiger partial charge in [0.2, 0.25) is 0 Å². The van der Waals surface area contributed by atoms with Crippen molar-refractivity contribution >= 4 is 22.6 Å². The highest BCUT2D eigenvalue weighted by atomic mass is 16.5. The molecule has 26 heavy (non-hydrogen) atoms. The van der Waals surface area contributed by atoms with E-state index < -0.39 is 0 Å². The summed E-state index contributed by atoms with van der Waals surface area (Å²) in [5, 5.41) is 0.874. The van der Waals surface area contributed by atoms with Crippen molar-refractivity contribution in [3.8, 4) is 0 Å². The maximum absolute atomic E-state index is 12.2. The Labute approximate surface area is 154 Å². The highest BCUT2D eigenvalue weighted by Gasteiger charge is 2.11. The molecule has 142 valence electrons. The fourth-order valence-corrected chi connectivity index (χ4v) is 2.92. The quantitative estimate of drug-likeness (QED) is 0.467. The van der Waals surface area contributed by atoms with E-state index in [0.29, 0.717) is 17.6 Å². The van der Waals surface area contributed by atoms with E-state index in [4.69, 9.17) is 4.42 Å². The first-order valence-electron chi connectivity index (χ1n) is 9.47. The number of ether oxygens (including phenoxy) is 1. The number of esters is 1. The molecular formula is C21H29NO4. The number of fused-ring (bicyclic) bond motifs is 1. The van der Waals surface area contributed by atoms with Crippen molar-refractivity contribution in [2.75, 3.05) is 25.1 Å². The molecule has 0 aliphatic rings. The molecule has 0 atom stereocenters. The number of carbonyl (C=O) groups is 1. The fourth-order valence-electron chi connectivity index (χ4n) is 2.92. The number of aryl methyl sites for hydroxylation is 1. The van der Waals surface area contributed by atoms with Crippen molar-refractivity contribution in [2.24, 2.45) is 0 Å². The van der Waals surface area contributed by atoms with E-state index in [2.05, 4.69) is 29.6 Å². The second kappa shape index (κ2) is 10.00. The van der Waals surface area contributed by atoms with Gasteiger partial charge in [0, 0.05) is 42.2 Å². The third-order valence-electron chi connectivity index (χ3n) is 4.55. The Morgan fingerprint density at radius 3 is 2.42 bits per heavy atom. The summed E-state index contributed by atoms with van der Waals surface area (Å²) in [7, 11) is 1.34. The predicted octanol–water partition coefficient (Wildman–Crippen LogP) is 4.31. The second-order valence-corrected chi connectivity index (χ2v) is 6.55. The average Bonchev–Trinajstić information content (AvgIpc) is 2.65. The Kier molecular flexibility index (Phi) is 7.70. The molecule has 0 aliphatic carbocycles. The number of methoxy groups -OCH3 is 1. The molecule has 2 aromatic rings. The standard InChI is InChI=1S/C21H29NO4/c1-4-6-12-22(13-7-5-2)18-10-8-16-14-17(9-11-20(23)25-3)21(24)26-19(16)15-18/h8,10,14-15H,4-7,9,11-13H2,1-3H3. The van der Waals surface area contributed by atoms with Gasteiger partial charge < -0.3 is 14.1 Å². The number of carbonyl (C=O) groups excluding carboxylic acids is 1. The summed E-state index contributed by atoms with van der Waals surface area (Å²) in [6, 6.07) is 7.83. The molecule has 2 rings (SSSR count). The first kappa shape index (κ1) is 20.0. The largest absolute Gasteiger partial charge is 0.469 e. The average molecular weight is 359 g/mol. The second-order valence-electron chi connectivity index (χ2n) is 6.55. The topological polar surface area (TPSA) is 59.8 Å². The molecule has 0 N–H and O–H groups in total. The van der Waals surface area contributed by atoms with Crippen LogP contribution in [0.3, 0.4) is 0 Å². The molecule has 0 unspecified atom stereocenters. The molecule has 0 bridgehead atoms. The molecule has 1 aromatic heterocycles. The zero-order valence-electron chi connectivity index (χ0n) is 16.0. The number of nitrogens with zero attached hydrogens (tertiary/aromatic N) is 1. The van der Waals surface area contributed by atoms with E-state index in [9.17, 15) is 9.59 Å². The predicted molar refractivity (Wildman–Crippen MR) is 105 cm³/mol. The van der Waals surface area contributed by atoms with Gasteiger partial charge in [-0.1, -0.05) is 26.7 Å². The highest BCUT2D eigenvalue weighted by Crippen LogP contribution is 2.23. The van der Waals surface area contributed by atoms with Crippen LogP contribution in [-0.4, -0.2) is 26.2 Å². The van der Waals surface area contributed by atoms with Crippen LogP contribution in [0.15, 0.2) is 33.5 Å². The van der Waals surface area contributed by atoms with Crippen molar-refractivity contribution in [2.45, 2.75) is 52.4 Å². The third-order valence-corrected chi connectivity index (χ3v) is 4.55. The van der Waals surface area contributed by atoms with E-state index >= 15 is 0 Å². The number of rotatable bonds is 10. The zero-order chi connectivity index (χ0) is 18.9. The number of unbranched alkanes of at least 4 members (excludes halogenated alkanes) is 2. The zero-order valence-corrected chi connectivity index (χ0v) is 16.0. The van der Waals surface area contributed by atoms with Gasteiger partial charge in [0.05, 0.1) is 7.11 Å². The summed E-state index contributed by atoms with van der Waals surface area (Å²) < 4.78 is 10.2. The van der Waals surface area contributed by atoms with Gasteiger partial charge in [-0.3, -0.25) is 4.79 Å². The Balaban J connectivity index is 2.26. The van der Waals surface area contributed by atoms with Crippen molar-refractivity contribution in [1.82, 2.24) is 0 Å². The summed E-state index contributed by atoms with van der Waals surface area (Å²) in [5.74, 6) is -0.331. The lowest BCUT2D eigenvalue weighted by Crippen LogP contribution is -2.25. The first-order valence-corrected chi connectivity index (χ1v) is 9.47. The number of benzene rings is 1. The molecule has 0 saturated carbocycles. The molecule has 0 saturated heterocycles. The van der Waals surface area contributed by atoms with Gasteiger partial charge in [-0.25, -0.2) is 4.79 Å². The smallest absolute Gasteiger partial charge is 0.339 e. The SMILES string of the molecule is CCCCN(CCCC)c1ccc2cc(CCC(=O)OC)c(=O)oc2c1. The maximum atomic E-state index is 12.2. The van der Waals surface area contributed by atoms with Gasteiger partial charge in [-0.15, -0.1) is 0 Å². The van der Waals surface area contributed by atoms with Gasteiger partial charge in [0.1, 0.15) is 5.58 Å². The van der Waals surface area contributed by atoms with Crippen LogP contribution in [0.5, 0.6) is 0 Å². The highest BCUT2D eigenvalue weighted by molar-refractivity contribution is 5.81. The molecular weight excluding hydrogens is 330 g/mol. The van der Waals surface area contributed by atoms with Gasteiger partial charge in [-0.05, 0) is 37.5 Å². The summed E-state index contributed by atoms with van der Waals surface area (Å²) in [4.78, 5) is 25.9. The van der Waals surface area contributed by atoms with Crippen LogP contribution in [0.25, 0.3) is 11.0 Å². The maximum Gasteiger partial charge on any atom is 0.339 e. The summed E-state index contributed by atoms with van der Waals surface area (Å²) in [5.41, 5.74) is 1.80. The molecule has 5 nitrogen and oxygen atoms in total. The first-order chi connectivity index (χ1) is 12.6. The summed E-state index contributed by atoms with van der Waals surface area (Å²) >= 11 is 0. The number of hydrogen-bond donors (Lipinski definition) is 0. The fraction of sp³-hybridized carbons (Fsp3) is 0.524. The van der Waals surface area contributed by atoms with E-state index in [1.54, 1.807) is 0 Å². The van der Waals surface area contributed by atoms with Crippen LogP contribution in [0.1, 0.15) is 51.5 Å². The lowest BCUT2D eigenvalue weighted by Gasteiger charge is -2.24. The van der Waals surface area contributed by atoms with Crippen molar-refractivity contribution in [3.05, 3.63) is 40.2 Å². The van der Waals surface area contributed by atoms with Crippen LogP contribution in [-0.2, 0) is 16.0 Å². The minimum absolute atomic E-state index is 0.173. The minimum Gasteiger partial charge on any atom is -0.469 e. The Morgan fingerprint density at radius 1 is 1.12 bits per heavy atom. The van der Waals surface area contributed by atoms with Crippen molar-refractivity contribution in [1.29, 1.82) is 0 Å². The van der Waals surface area contributed by atoms with Gasteiger partial charge in [0.15, 0.2) is 0 Å². The van der Waals surface area contributed by atoms with Crippen LogP contribution < -0.4 is 10.5 Å². The van der Waals surface area contributed by atoms with E-state index in [0.717, 1.165) is 49.8 Å². The monoisotopic (exact) mass is 359 g/mol. The molecule has 5 heteroatoms. The van der Waals surface area contributed by atoms with Gasteiger partial charge in [-0.2, -0.15) is 0 Å². The molecule has 1 heterocycles. The number of hydrogen-bond acceptors (Lipinski definition) is 5. The lowest BCUT2D eigenvalue weighted by atomic mass is 10.1. The minimum atomic E-state index is -0.382. The lowest BCUT2D eigenvalue weighted by molar-refractivity contribution is -0.140. The third kappa shape index (κ3) is 5.35. The molecule has 0 fully saturated rings. The molecule has 1 aromatic carbocycles.